The lowest BCUT2D eigenvalue weighted by molar-refractivity contribution is -0.253. The van der Waals surface area contributed by atoms with Crippen molar-refractivity contribution in [3.8, 4) is 5.75 Å². The Bertz CT molecular complexity index is 545. The van der Waals surface area contributed by atoms with E-state index in [0.717, 1.165) is 45.4 Å². The number of nitrogens with one attached hydrogen (secondary N) is 1. The minimum absolute atomic E-state index is 0.0794. The summed E-state index contributed by atoms with van der Waals surface area (Å²) in [5.74, 6) is 0.431. The molecule has 3 nitrogen and oxygen atoms in total. The molecule has 2 aliphatic rings. The normalized spacial score (nSPS) is 21.0. The molecule has 24 heavy (non-hydrogen) atoms. The number of hydrogen-bond donors (Lipinski definition) is 1. The molecule has 0 amide bonds. The molecule has 0 radical (unpaired) electrons. The van der Waals surface area contributed by atoms with E-state index in [2.05, 4.69) is 15.0 Å². The molecule has 1 aliphatic carbocycles. The van der Waals surface area contributed by atoms with E-state index in [1.54, 1.807) is 12.1 Å². The molecule has 1 N–H and O–H groups in total. The molecule has 1 heterocycles. The van der Waals surface area contributed by atoms with Gasteiger partial charge >= 0.3 is 12.5 Å². The zero-order valence-corrected chi connectivity index (χ0v) is 13.4. The quantitative estimate of drug-likeness (QED) is 0.763. The first-order valence-corrected chi connectivity index (χ1v) is 8.36. The molecule has 1 aromatic rings. The molecule has 7 heteroatoms. The first kappa shape index (κ1) is 17.5. The number of alkyl halides is 4. The van der Waals surface area contributed by atoms with Gasteiger partial charge in [-0.2, -0.15) is 17.6 Å². The zero-order chi connectivity index (χ0) is 17.2. The summed E-state index contributed by atoms with van der Waals surface area (Å²) in [6.45, 7) is 3.27. The van der Waals surface area contributed by atoms with Crippen LogP contribution in [0.25, 0.3) is 0 Å². The Kier molecular flexibility index (Phi) is 5.30. The van der Waals surface area contributed by atoms with Gasteiger partial charge in [-0.3, -0.25) is 4.90 Å². The van der Waals surface area contributed by atoms with Gasteiger partial charge in [0, 0.05) is 37.8 Å². The lowest BCUT2D eigenvalue weighted by Gasteiger charge is -2.36. The summed E-state index contributed by atoms with van der Waals surface area (Å²) >= 11 is 0. The maximum atomic E-state index is 13.4. The average molecular weight is 346 g/mol. The maximum Gasteiger partial charge on any atom is 0.461 e. The van der Waals surface area contributed by atoms with Crippen LogP contribution < -0.4 is 10.1 Å². The zero-order valence-electron chi connectivity index (χ0n) is 13.4. The molecule has 0 bridgehead atoms. The third kappa shape index (κ3) is 4.19. The van der Waals surface area contributed by atoms with E-state index in [1.807, 2.05) is 0 Å². The Morgan fingerprint density at radius 3 is 2.46 bits per heavy atom. The summed E-state index contributed by atoms with van der Waals surface area (Å²) < 4.78 is 56.3. The second-order valence-electron chi connectivity index (χ2n) is 6.48. The number of hydrogen-bond acceptors (Lipinski definition) is 3. The van der Waals surface area contributed by atoms with Crippen LogP contribution >= 0.6 is 0 Å². The van der Waals surface area contributed by atoms with Crippen molar-refractivity contribution in [2.75, 3.05) is 26.2 Å². The molecule has 0 aromatic heterocycles. The van der Waals surface area contributed by atoms with E-state index in [1.165, 1.54) is 12.1 Å². The topological polar surface area (TPSA) is 24.5 Å². The lowest BCUT2D eigenvalue weighted by Crippen LogP contribution is -2.45. The van der Waals surface area contributed by atoms with Crippen LogP contribution in [0, 0.1) is 5.92 Å². The summed E-state index contributed by atoms with van der Waals surface area (Å²) in [6, 6.07) is 6.26. The number of ether oxygens (including phenoxy) is 1. The van der Waals surface area contributed by atoms with Gasteiger partial charge in [-0.15, -0.1) is 0 Å². The predicted molar refractivity (Wildman–Crippen MR) is 82.5 cm³/mol. The highest BCUT2D eigenvalue weighted by Gasteiger charge is 2.45. The molecule has 1 aliphatic heterocycles. The van der Waals surface area contributed by atoms with Crippen LogP contribution in [0.1, 0.15) is 30.9 Å². The van der Waals surface area contributed by atoms with Gasteiger partial charge in [0.05, 0.1) is 0 Å². The van der Waals surface area contributed by atoms with Crippen molar-refractivity contribution >= 4 is 0 Å². The van der Waals surface area contributed by atoms with Crippen molar-refractivity contribution in [3.05, 3.63) is 29.8 Å². The number of piperazine rings is 1. The van der Waals surface area contributed by atoms with Crippen molar-refractivity contribution in [2.45, 2.75) is 37.8 Å². The van der Waals surface area contributed by atoms with Gasteiger partial charge in [-0.25, -0.2) is 0 Å². The number of para-hydroxylation sites is 1. The smallest absolute Gasteiger partial charge is 0.428 e. The molecule has 1 atom stereocenters. The van der Waals surface area contributed by atoms with Crippen LogP contribution in [0.2, 0.25) is 0 Å². The van der Waals surface area contributed by atoms with Crippen molar-refractivity contribution < 1.29 is 22.3 Å². The molecule has 1 saturated heterocycles. The highest BCUT2D eigenvalue weighted by molar-refractivity contribution is 5.36. The van der Waals surface area contributed by atoms with Crippen molar-refractivity contribution in [1.29, 1.82) is 0 Å². The van der Waals surface area contributed by atoms with E-state index in [4.69, 9.17) is 0 Å². The Morgan fingerprint density at radius 2 is 1.83 bits per heavy atom. The first-order chi connectivity index (χ1) is 11.5. The number of rotatable bonds is 7. The van der Waals surface area contributed by atoms with Crippen molar-refractivity contribution in [3.63, 3.8) is 0 Å². The summed E-state index contributed by atoms with van der Waals surface area (Å²) in [7, 11) is 0. The maximum absolute atomic E-state index is 13.4. The fourth-order valence-electron chi connectivity index (χ4n) is 3.18. The van der Waals surface area contributed by atoms with Gasteiger partial charge in [0.25, 0.3) is 0 Å². The van der Waals surface area contributed by atoms with Crippen LogP contribution in [0.4, 0.5) is 17.6 Å². The molecular weight excluding hydrogens is 324 g/mol. The fourth-order valence-corrected chi connectivity index (χ4v) is 3.18. The lowest BCUT2D eigenvalue weighted by atomic mass is 9.97. The Morgan fingerprint density at radius 1 is 1.17 bits per heavy atom. The van der Waals surface area contributed by atoms with Crippen molar-refractivity contribution in [2.24, 2.45) is 5.92 Å². The van der Waals surface area contributed by atoms with Crippen LogP contribution in [-0.2, 0) is 0 Å². The van der Waals surface area contributed by atoms with E-state index >= 15 is 0 Å². The molecule has 134 valence electrons. The second-order valence-corrected chi connectivity index (χ2v) is 6.48. The average Bonchev–Trinajstić information content (AvgIpc) is 3.38. The van der Waals surface area contributed by atoms with Gasteiger partial charge in [-0.1, -0.05) is 31.0 Å². The van der Waals surface area contributed by atoms with Gasteiger partial charge in [0.15, 0.2) is 0 Å². The summed E-state index contributed by atoms with van der Waals surface area (Å²) in [5.41, 5.74) is 0.576. The molecule has 0 spiro atoms. The van der Waals surface area contributed by atoms with Crippen molar-refractivity contribution in [1.82, 2.24) is 10.2 Å². The minimum atomic E-state index is -4.48. The van der Waals surface area contributed by atoms with Gasteiger partial charge < -0.3 is 10.1 Å². The summed E-state index contributed by atoms with van der Waals surface area (Å²) in [6.07, 6.45) is -5.21. The van der Waals surface area contributed by atoms with Crippen LogP contribution in [-0.4, -0.2) is 43.6 Å². The van der Waals surface area contributed by atoms with Gasteiger partial charge in [0.1, 0.15) is 5.75 Å². The fraction of sp³-hybridized carbons (Fsp3) is 0.647. The van der Waals surface area contributed by atoms with Crippen LogP contribution in [0.5, 0.6) is 5.75 Å². The van der Waals surface area contributed by atoms with E-state index in [9.17, 15) is 17.6 Å². The Hall–Kier alpha value is -1.34. The molecule has 2 fully saturated rings. The first-order valence-electron chi connectivity index (χ1n) is 8.36. The molecule has 3 rings (SSSR count). The summed E-state index contributed by atoms with van der Waals surface area (Å²) in [4.78, 5) is 2.23. The highest BCUT2D eigenvalue weighted by atomic mass is 19.3. The molecule has 1 saturated carbocycles. The predicted octanol–water partition coefficient (Wildman–Crippen LogP) is 3.67. The molecule has 1 aromatic carbocycles. The van der Waals surface area contributed by atoms with Crippen LogP contribution in [0.15, 0.2) is 24.3 Å². The standard InChI is InChI=1S/C17H22F4N2O/c18-16(19)17(20,21)24-15-4-2-1-3-13(15)14(11-12-5-6-12)23-9-7-22-8-10-23/h1-4,12,14,16,22H,5-11H2/t14-/m0/s1. The number of nitrogens with zero attached hydrogens (tertiary/aromatic N) is 1. The minimum Gasteiger partial charge on any atom is -0.428 e. The highest BCUT2D eigenvalue weighted by Crippen LogP contribution is 2.43. The summed E-state index contributed by atoms with van der Waals surface area (Å²) in [5, 5.41) is 3.27. The van der Waals surface area contributed by atoms with Crippen LogP contribution in [0.3, 0.4) is 0 Å². The molecule has 0 unspecified atom stereocenters. The second kappa shape index (κ2) is 7.27. The number of halogens is 4. The van der Waals surface area contributed by atoms with E-state index in [0.29, 0.717) is 11.5 Å². The monoisotopic (exact) mass is 346 g/mol. The molecular formula is C17H22F4N2O. The Labute approximate surface area is 139 Å². The SMILES string of the molecule is FC(F)C(F)(F)Oc1ccccc1[C@H](CC1CC1)N1CCNCC1. The van der Waals surface area contributed by atoms with Gasteiger partial charge in [-0.05, 0) is 18.4 Å². The third-order valence-corrected chi connectivity index (χ3v) is 4.62. The van der Waals surface area contributed by atoms with E-state index in [-0.39, 0.29) is 11.8 Å². The Balaban J connectivity index is 1.86. The largest absolute Gasteiger partial charge is 0.461 e. The van der Waals surface area contributed by atoms with E-state index < -0.39 is 12.5 Å². The number of benzene rings is 1. The van der Waals surface area contributed by atoms with Gasteiger partial charge in [0.2, 0.25) is 0 Å². The third-order valence-electron chi connectivity index (χ3n) is 4.62.